The van der Waals surface area contributed by atoms with E-state index in [9.17, 15) is 0 Å². The highest BCUT2D eigenvalue weighted by atomic mass is 16.5. The van der Waals surface area contributed by atoms with Gasteiger partial charge in [0.05, 0.1) is 20.3 Å². The molecule has 1 aromatic heterocycles. The summed E-state index contributed by atoms with van der Waals surface area (Å²) in [7, 11) is 3.33. The first kappa shape index (κ1) is 18.5. The van der Waals surface area contributed by atoms with Crippen molar-refractivity contribution >= 4 is 0 Å². The van der Waals surface area contributed by atoms with E-state index < -0.39 is 0 Å². The first-order chi connectivity index (χ1) is 13.7. The average Bonchev–Trinajstić information content (AvgIpc) is 3.47. The predicted molar refractivity (Wildman–Crippen MR) is 106 cm³/mol. The summed E-state index contributed by atoms with van der Waals surface area (Å²) in [4.78, 5) is 2.44. The Morgan fingerprint density at radius 1 is 0.964 bits per heavy atom. The van der Waals surface area contributed by atoms with Gasteiger partial charge < -0.3 is 13.9 Å². The number of aromatic nitrogens is 2. The fourth-order valence-electron chi connectivity index (χ4n) is 3.33. The molecule has 6 heteroatoms. The quantitative estimate of drug-likeness (QED) is 0.575. The van der Waals surface area contributed by atoms with Gasteiger partial charge in [-0.15, -0.1) is 10.2 Å². The smallest absolute Gasteiger partial charge is 0.247 e. The van der Waals surface area contributed by atoms with Crippen LogP contribution in [0.5, 0.6) is 11.5 Å². The molecule has 0 spiro atoms. The molecule has 0 N–H and O–H groups in total. The summed E-state index contributed by atoms with van der Waals surface area (Å²) in [5.74, 6) is 2.85. The minimum atomic E-state index is 0.0501. The van der Waals surface area contributed by atoms with Crippen LogP contribution in [0.1, 0.15) is 37.3 Å². The first-order valence-electron chi connectivity index (χ1n) is 9.54. The van der Waals surface area contributed by atoms with Gasteiger partial charge in [0.15, 0.2) is 0 Å². The number of nitrogens with zero attached hydrogens (tertiary/aromatic N) is 3. The molecule has 6 nitrogen and oxygen atoms in total. The van der Waals surface area contributed by atoms with Gasteiger partial charge in [0.1, 0.15) is 11.5 Å². The molecular weight excluding hydrogens is 354 g/mol. The number of hydrogen-bond donors (Lipinski definition) is 0. The van der Waals surface area contributed by atoms with Crippen molar-refractivity contribution < 1.29 is 13.9 Å². The first-order valence-corrected chi connectivity index (χ1v) is 9.54. The van der Waals surface area contributed by atoms with Gasteiger partial charge in [-0.05, 0) is 61.7 Å². The molecule has 1 saturated carbocycles. The van der Waals surface area contributed by atoms with Crippen LogP contribution in [0, 0.1) is 0 Å². The second kappa shape index (κ2) is 8.02. The Morgan fingerprint density at radius 3 is 2.14 bits per heavy atom. The number of rotatable bonds is 8. The van der Waals surface area contributed by atoms with E-state index in [0.717, 1.165) is 23.6 Å². The summed E-state index contributed by atoms with van der Waals surface area (Å²) in [5, 5.41) is 8.58. The van der Waals surface area contributed by atoms with Crippen LogP contribution in [0.25, 0.3) is 11.5 Å². The zero-order chi connectivity index (χ0) is 19.5. The summed E-state index contributed by atoms with van der Waals surface area (Å²) in [6, 6.07) is 16.5. The van der Waals surface area contributed by atoms with Crippen LogP contribution in [0.15, 0.2) is 52.9 Å². The van der Waals surface area contributed by atoms with E-state index in [0.29, 0.717) is 17.8 Å². The third kappa shape index (κ3) is 4.02. The van der Waals surface area contributed by atoms with Crippen LogP contribution >= 0.6 is 0 Å². The Labute approximate surface area is 165 Å². The summed E-state index contributed by atoms with van der Waals surface area (Å²) in [6.45, 7) is 2.98. The standard InChI is InChI=1S/C22H25N3O3/c1-15(21-23-24-22(28-21)17-6-12-20(27-3)13-7-17)25(18-8-9-18)14-16-4-10-19(26-2)11-5-16/h4-7,10-13,15,18H,8-9,14H2,1-3H3/t15-/m0/s1. The number of benzene rings is 2. The van der Waals surface area contributed by atoms with Gasteiger partial charge in [-0.3, -0.25) is 4.90 Å². The zero-order valence-corrected chi connectivity index (χ0v) is 16.5. The van der Waals surface area contributed by atoms with Gasteiger partial charge in [-0.1, -0.05) is 12.1 Å². The van der Waals surface area contributed by atoms with E-state index >= 15 is 0 Å². The highest BCUT2D eigenvalue weighted by molar-refractivity contribution is 5.54. The molecule has 28 heavy (non-hydrogen) atoms. The molecule has 146 valence electrons. The fraction of sp³-hybridized carbons (Fsp3) is 0.364. The molecule has 1 atom stereocenters. The second-order valence-corrected chi connectivity index (χ2v) is 7.10. The SMILES string of the molecule is COc1ccc(CN(C2CC2)[C@@H](C)c2nnc(-c3ccc(OC)cc3)o2)cc1. The Balaban J connectivity index is 1.50. The summed E-state index contributed by atoms with van der Waals surface area (Å²) < 4.78 is 16.5. The normalized spacial score (nSPS) is 14.9. The fourth-order valence-corrected chi connectivity index (χ4v) is 3.33. The summed E-state index contributed by atoms with van der Waals surface area (Å²) in [5.41, 5.74) is 2.13. The Hall–Kier alpha value is -2.86. The molecule has 0 amide bonds. The maximum Gasteiger partial charge on any atom is 0.247 e. The minimum absolute atomic E-state index is 0.0501. The van der Waals surface area contributed by atoms with Gasteiger partial charge in [-0.25, -0.2) is 0 Å². The molecule has 1 aliphatic carbocycles. The third-order valence-electron chi connectivity index (χ3n) is 5.17. The van der Waals surface area contributed by atoms with Crippen molar-refractivity contribution in [2.75, 3.05) is 14.2 Å². The maximum atomic E-state index is 6.01. The lowest BCUT2D eigenvalue weighted by atomic mass is 10.1. The average molecular weight is 379 g/mol. The molecule has 1 fully saturated rings. The van der Waals surface area contributed by atoms with E-state index in [-0.39, 0.29) is 6.04 Å². The lowest BCUT2D eigenvalue weighted by Gasteiger charge is -2.26. The molecule has 0 saturated heterocycles. The number of hydrogen-bond acceptors (Lipinski definition) is 6. The van der Waals surface area contributed by atoms with Gasteiger partial charge >= 0.3 is 0 Å². The number of ether oxygens (including phenoxy) is 2. The van der Waals surface area contributed by atoms with E-state index in [1.165, 1.54) is 18.4 Å². The van der Waals surface area contributed by atoms with Crippen LogP contribution in [-0.4, -0.2) is 35.4 Å². The molecule has 1 heterocycles. The van der Waals surface area contributed by atoms with Gasteiger partial charge in [0.2, 0.25) is 11.8 Å². The van der Waals surface area contributed by atoms with E-state index in [1.54, 1.807) is 14.2 Å². The molecular formula is C22H25N3O3. The summed E-state index contributed by atoms with van der Waals surface area (Å²) in [6.07, 6.45) is 2.42. The van der Waals surface area contributed by atoms with Crippen molar-refractivity contribution in [1.82, 2.24) is 15.1 Å². The van der Waals surface area contributed by atoms with Crippen LogP contribution in [-0.2, 0) is 6.54 Å². The van der Waals surface area contributed by atoms with Gasteiger partial charge in [0.25, 0.3) is 0 Å². The van der Waals surface area contributed by atoms with E-state index in [4.69, 9.17) is 13.9 Å². The van der Waals surface area contributed by atoms with Gasteiger partial charge in [0, 0.05) is 18.2 Å². The van der Waals surface area contributed by atoms with Crippen LogP contribution in [0.4, 0.5) is 0 Å². The monoisotopic (exact) mass is 379 g/mol. The van der Waals surface area contributed by atoms with Crippen molar-refractivity contribution in [3.05, 3.63) is 60.0 Å². The molecule has 1 aliphatic rings. The molecule has 0 unspecified atom stereocenters. The lowest BCUT2D eigenvalue weighted by Crippen LogP contribution is -2.29. The minimum Gasteiger partial charge on any atom is -0.497 e. The Kier molecular flexibility index (Phi) is 5.30. The Morgan fingerprint density at radius 2 is 1.57 bits per heavy atom. The van der Waals surface area contributed by atoms with Crippen molar-refractivity contribution in [3.63, 3.8) is 0 Å². The van der Waals surface area contributed by atoms with Crippen LogP contribution < -0.4 is 9.47 Å². The third-order valence-corrected chi connectivity index (χ3v) is 5.17. The van der Waals surface area contributed by atoms with Gasteiger partial charge in [-0.2, -0.15) is 0 Å². The molecule has 2 aromatic carbocycles. The molecule has 3 aromatic rings. The molecule has 0 bridgehead atoms. The van der Waals surface area contributed by atoms with Crippen LogP contribution in [0.3, 0.4) is 0 Å². The maximum absolute atomic E-state index is 6.01. The van der Waals surface area contributed by atoms with Crippen molar-refractivity contribution in [2.24, 2.45) is 0 Å². The highest BCUT2D eigenvalue weighted by Gasteiger charge is 2.35. The second-order valence-electron chi connectivity index (χ2n) is 7.10. The van der Waals surface area contributed by atoms with Crippen molar-refractivity contribution in [2.45, 2.75) is 38.4 Å². The summed E-state index contributed by atoms with van der Waals surface area (Å²) >= 11 is 0. The zero-order valence-electron chi connectivity index (χ0n) is 16.5. The van der Waals surface area contributed by atoms with Crippen LogP contribution in [0.2, 0.25) is 0 Å². The van der Waals surface area contributed by atoms with E-state index in [2.05, 4.69) is 34.2 Å². The number of methoxy groups -OCH3 is 2. The lowest BCUT2D eigenvalue weighted by molar-refractivity contribution is 0.165. The highest BCUT2D eigenvalue weighted by Crippen LogP contribution is 2.36. The topological polar surface area (TPSA) is 60.6 Å². The molecule has 0 aliphatic heterocycles. The largest absolute Gasteiger partial charge is 0.497 e. The van der Waals surface area contributed by atoms with Crippen molar-refractivity contribution in [3.8, 4) is 23.0 Å². The molecule has 4 rings (SSSR count). The van der Waals surface area contributed by atoms with Crippen molar-refractivity contribution in [1.29, 1.82) is 0 Å². The predicted octanol–water partition coefficient (Wildman–Crippen LogP) is 4.48. The van der Waals surface area contributed by atoms with E-state index in [1.807, 2.05) is 36.4 Å². The Bertz CT molecular complexity index is 902. The molecule has 0 radical (unpaired) electrons.